The molecule has 0 N–H and O–H groups in total. The Balaban J connectivity index is 2.57. The van der Waals surface area contributed by atoms with Gasteiger partial charge in [0.1, 0.15) is 6.04 Å². The van der Waals surface area contributed by atoms with Crippen LogP contribution in [-0.2, 0) is 4.79 Å². The number of nitrogens with zero attached hydrogens (tertiary/aromatic N) is 1. The maximum absolute atomic E-state index is 11.5. The lowest BCUT2D eigenvalue weighted by molar-refractivity contribution is -0.881. The third-order valence-corrected chi connectivity index (χ3v) is 2.26. The van der Waals surface area contributed by atoms with Gasteiger partial charge in [0.15, 0.2) is 6.29 Å². The Kier molecular flexibility index (Phi) is 2.06. The van der Waals surface area contributed by atoms with Crippen molar-refractivity contribution in [3.8, 4) is 0 Å². The van der Waals surface area contributed by atoms with Gasteiger partial charge in [-0.3, -0.25) is 4.79 Å². The summed E-state index contributed by atoms with van der Waals surface area (Å²) in [5.74, 6) is 0. The second-order valence-electron chi connectivity index (χ2n) is 2.98. The normalized spacial score (nSPS) is 26.2. The zero-order chi connectivity index (χ0) is 7.61. The van der Waals surface area contributed by atoms with E-state index in [0.717, 1.165) is 19.1 Å². The van der Waals surface area contributed by atoms with E-state index in [0.29, 0.717) is 13.1 Å². The molecule has 3 heteroatoms. The number of carbonyl (C=O) groups excluding carboxylic acids is 1. The van der Waals surface area contributed by atoms with Crippen LogP contribution in [0.2, 0.25) is 0 Å². The van der Waals surface area contributed by atoms with Crippen LogP contribution in [0.3, 0.4) is 0 Å². The van der Waals surface area contributed by atoms with Crippen molar-refractivity contribution in [1.82, 2.24) is 0 Å². The van der Waals surface area contributed by atoms with Gasteiger partial charge in [0.05, 0.1) is 13.1 Å². The van der Waals surface area contributed by atoms with Gasteiger partial charge in [0.25, 0.3) is 0 Å². The fourth-order valence-electron chi connectivity index (χ4n) is 1.39. The van der Waals surface area contributed by atoms with Gasteiger partial charge in [-0.05, 0) is 6.92 Å². The molecule has 3 nitrogen and oxygen atoms in total. The Morgan fingerprint density at radius 3 is 2.40 bits per heavy atom. The average molecular weight is 143 g/mol. The number of quaternary nitrogens is 1. The quantitative estimate of drug-likeness (QED) is 0.324. The first kappa shape index (κ1) is 7.69. The molecular formula is C7H13NO2. The van der Waals surface area contributed by atoms with Crippen molar-refractivity contribution in [2.75, 3.05) is 13.1 Å². The summed E-state index contributed by atoms with van der Waals surface area (Å²) in [5.41, 5.74) is 0. The molecule has 10 heavy (non-hydrogen) atoms. The van der Waals surface area contributed by atoms with E-state index in [1.54, 1.807) is 6.92 Å². The summed E-state index contributed by atoms with van der Waals surface area (Å²) in [6, 6.07) is -0.359. The number of likely N-dealkylation sites (tertiary alicyclic amines) is 1. The first-order chi connectivity index (χ1) is 4.69. The van der Waals surface area contributed by atoms with Crippen LogP contribution in [0.5, 0.6) is 0 Å². The molecule has 0 bridgehead atoms. The predicted molar refractivity (Wildman–Crippen MR) is 38.1 cm³/mol. The summed E-state index contributed by atoms with van der Waals surface area (Å²) in [7, 11) is 0. The van der Waals surface area contributed by atoms with E-state index in [2.05, 4.69) is 0 Å². The Bertz CT molecular complexity index is 130. The van der Waals surface area contributed by atoms with Crippen LogP contribution in [0.1, 0.15) is 19.8 Å². The molecule has 1 rings (SSSR count). The predicted octanol–water partition coefficient (Wildman–Crippen LogP) is 0.682. The molecule has 1 aliphatic rings. The Hall–Kier alpha value is -0.410. The molecule has 1 saturated heterocycles. The lowest BCUT2D eigenvalue weighted by Gasteiger charge is -2.41. The van der Waals surface area contributed by atoms with Crippen LogP contribution < -0.4 is 0 Å². The minimum atomic E-state index is -0.359. The molecular weight excluding hydrogens is 130 g/mol. The minimum absolute atomic E-state index is 0.288. The van der Waals surface area contributed by atoms with Crippen molar-refractivity contribution >= 4 is 6.29 Å². The van der Waals surface area contributed by atoms with Gasteiger partial charge in [-0.15, -0.1) is 0 Å². The highest BCUT2D eigenvalue weighted by molar-refractivity contribution is 5.55. The van der Waals surface area contributed by atoms with Gasteiger partial charge < -0.3 is 9.85 Å². The molecule has 58 valence electrons. The summed E-state index contributed by atoms with van der Waals surface area (Å²) in [5, 5.41) is 11.5. The zero-order valence-corrected chi connectivity index (χ0v) is 6.25. The zero-order valence-electron chi connectivity index (χ0n) is 6.25. The second-order valence-corrected chi connectivity index (χ2v) is 2.98. The van der Waals surface area contributed by atoms with Gasteiger partial charge in [-0.2, -0.15) is 0 Å². The maximum atomic E-state index is 11.5. The third-order valence-electron chi connectivity index (χ3n) is 2.26. The van der Waals surface area contributed by atoms with E-state index < -0.39 is 0 Å². The van der Waals surface area contributed by atoms with Gasteiger partial charge in [-0.1, -0.05) is 0 Å². The Morgan fingerprint density at radius 1 is 1.50 bits per heavy atom. The van der Waals surface area contributed by atoms with Crippen molar-refractivity contribution in [1.29, 1.82) is 0 Å². The number of hydroxylamine groups is 3. The van der Waals surface area contributed by atoms with Gasteiger partial charge in [-0.25, -0.2) is 0 Å². The summed E-state index contributed by atoms with van der Waals surface area (Å²) < 4.78 is -0.288. The Morgan fingerprint density at radius 2 is 2.00 bits per heavy atom. The lowest BCUT2D eigenvalue weighted by atomic mass is 10.3. The van der Waals surface area contributed by atoms with E-state index in [1.165, 1.54) is 0 Å². The van der Waals surface area contributed by atoms with Crippen LogP contribution in [-0.4, -0.2) is 30.1 Å². The monoisotopic (exact) mass is 143 g/mol. The van der Waals surface area contributed by atoms with Gasteiger partial charge >= 0.3 is 0 Å². The smallest absolute Gasteiger partial charge is 0.177 e. The molecule has 0 amide bonds. The molecule has 1 fully saturated rings. The van der Waals surface area contributed by atoms with Crippen LogP contribution in [0.4, 0.5) is 0 Å². The molecule has 1 atom stereocenters. The third kappa shape index (κ3) is 1.20. The molecule has 0 spiro atoms. The molecule has 1 aliphatic heterocycles. The van der Waals surface area contributed by atoms with E-state index in [4.69, 9.17) is 0 Å². The Labute approximate surface area is 60.8 Å². The molecule has 0 saturated carbocycles. The van der Waals surface area contributed by atoms with Crippen LogP contribution in [0.15, 0.2) is 0 Å². The molecule has 0 aliphatic carbocycles. The van der Waals surface area contributed by atoms with E-state index in [9.17, 15) is 10.0 Å². The second kappa shape index (κ2) is 2.68. The standard InChI is InChI=1S/C7H13NO2/c1-7(6-9)8(10)4-2-3-5-8/h6-7H,2-5H2,1H3. The van der Waals surface area contributed by atoms with Crippen molar-refractivity contribution < 1.29 is 9.44 Å². The van der Waals surface area contributed by atoms with E-state index >= 15 is 0 Å². The molecule has 0 aromatic rings. The van der Waals surface area contributed by atoms with Crippen molar-refractivity contribution in [3.63, 3.8) is 0 Å². The highest BCUT2D eigenvalue weighted by atomic mass is 16.5. The molecule has 0 aromatic heterocycles. The average Bonchev–Trinajstić information content (AvgIpc) is 2.36. The van der Waals surface area contributed by atoms with Gasteiger partial charge in [0, 0.05) is 12.8 Å². The van der Waals surface area contributed by atoms with Crippen molar-refractivity contribution in [2.24, 2.45) is 0 Å². The summed E-state index contributed by atoms with van der Waals surface area (Å²) in [6.45, 7) is 2.95. The van der Waals surface area contributed by atoms with Crippen molar-refractivity contribution in [2.45, 2.75) is 25.8 Å². The van der Waals surface area contributed by atoms with E-state index in [-0.39, 0.29) is 10.7 Å². The SMILES string of the molecule is CC(C=O)[N+]1([O-])CCCC1. The number of hydrogen-bond acceptors (Lipinski definition) is 2. The number of carbonyl (C=O) groups is 1. The molecule has 0 aromatic carbocycles. The first-order valence-corrected chi connectivity index (χ1v) is 3.72. The summed E-state index contributed by atoms with van der Waals surface area (Å²) in [6.07, 6.45) is 2.71. The van der Waals surface area contributed by atoms with Crippen LogP contribution in [0.25, 0.3) is 0 Å². The molecule has 0 radical (unpaired) electrons. The maximum Gasteiger partial charge on any atom is 0.177 e. The highest BCUT2D eigenvalue weighted by Gasteiger charge is 2.28. The fourth-order valence-corrected chi connectivity index (χ4v) is 1.39. The first-order valence-electron chi connectivity index (χ1n) is 3.72. The van der Waals surface area contributed by atoms with Gasteiger partial charge in [0.2, 0.25) is 0 Å². The number of aldehydes is 1. The minimum Gasteiger partial charge on any atom is -0.632 e. The van der Waals surface area contributed by atoms with Crippen molar-refractivity contribution in [3.05, 3.63) is 5.21 Å². The van der Waals surface area contributed by atoms with Crippen LogP contribution in [0, 0.1) is 5.21 Å². The molecule has 1 heterocycles. The molecule has 1 unspecified atom stereocenters. The largest absolute Gasteiger partial charge is 0.632 e. The fraction of sp³-hybridized carbons (Fsp3) is 0.857. The summed E-state index contributed by atoms with van der Waals surface area (Å²) >= 11 is 0. The number of hydrogen-bond donors (Lipinski definition) is 0. The van der Waals surface area contributed by atoms with Crippen LogP contribution >= 0.6 is 0 Å². The highest BCUT2D eigenvalue weighted by Crippen LogP contribution is 2.20. The lowest BCUT2D eigenvalue weighted by Crippen LogP contribution is -2.47. The van der Waals surface area contributed by atoms with E-state index in [1.807, 2.05) is 0 Å². The summed E-state index contributed by atoms with van der Waals surface area (Å²) in [4.78, 5) is 10.3. The number of rotatable bonds is 2. The topological polar surface area (TPSA) is 40.1 Å².